The predicted molar refractivity (Wildman–Crippen MR) is 104 cm³/mol. The first-order valence-electron chi connectivity index (χ1n) is 9.84. The fourth-order valence-corrected chi connectivity index (χ4v) is 3.20. The van der Waals surface area contributed by atoms with Crippen molar-refractivity contribution in [1.29, 1.82) is 0 Å². The molecule has 2 heterocycles. The number of hydrogen-bond acceptors (Lipinski definition) is 5. The Morgan fingerprint density at radius 3 is 2.85 bits per heavy atom. The highest BCUT2D eigenvalue weighted by atomic mass is 16.5. The molecule has 1 saturated heterocycles. The zero-order valence-corrected chi connectivity index (χ0v) is 16.8. The zero-order valence-electron chi connectivity index (χ0n) is 16.8. The van der Waals surface area contributed by atoms with E-state index < -0.39 is 0 Å². The van der Waals surface area contributed by atoms with E-state index in [1.165, 1.54) is 19.4 Å². The van der Waals surface area contributed by atoms with Crippen LogP contribution in [0.4, 0.5) is 0 Å². The minimum absolute atomic E-state index is 0.514. The van der Waals surface area contributed by atoms with E-state index in [9.17, 15) is 0 Å². The van der Waals surface area contributed by atoms with E-state index in [2.05, 4.69) is 32.7 Å². The standard InChI is InChI=1S/C18H35N7O/c1-5-25-11-7-9-16(25)13-20-18(19-10-8-12-26-6-2)21-14-17-23-22-15(3)24(17)4/h16H,5-14H2,1-4H3,(H2,19,20,21). The Morgan fingerprint density at radius 2 is 2.15 bits per heavy atom. The van der Waals surface area contributed by atoms with Gasteiger partial charge < -0.3 is 19.9 Å². The summed E-state index contributed by atoms with van der Waals surface area (Å²) in [4.78, 5) is 7.24. The van der Waals surface area contributed by atoms with Gasteiger partial charge >= 0.3 is 0 Å². The number of rotatable bonds is 10. The highest BCUT2D eigenvalue weighted by Gasteiger charge is 2.22. The highest BCUT2D eigenvalue weighted by Crippen LogP contribution is 2.15. The van der Waals surface area contributed by atoms with Crippen molar-refractivity contribution in [2.24, 2.45) is 12.0 Å². The summed E-state index contributed by atoms with van der Waals surface area (Å²) in [7, 11) is 1.97. The first kappa shape index (κ1) is 20.6. The number of nitrogens with zero attached hydrogens (tertiary/aromatic N) is 5. The summed E-state index contributed by atoms with van der Waals surface area (Å²) in [5, 5.41) is 15.2. The Kier molecular flexibility index (Phi) is 8.84. The first-order chi connectivity index (χ1) is 12.7. The summed E-state index contributed by atoms with van der Waals surface area (Å²) in [5.74, 6) is 2.61. The molecular weight excluding hydrogens is 330 g/mol. The molecule has 1 atom stereocenters. The third kappa shape index (κ3) is 6.25. The van der Waals surface area contributed by atoms with Crippen LogP contribution < -0.4 is 10.6 Å². The van der Waals surface area contributed by atoms with Gasteiger partial charge in [0.2, 0.25) is 0 Å². The Hall–Kier alpha value is -1.67. The first-order valence-corrected chi connectivity index (χ1v) is 9.84. The molecule has 2 N–H and O–H groups in total. The molecule has 1 unspecified atom stereocenters. The van der Waals surface area contributed by atoms with Gasteiger partial charge in [0.1, 0.15) is 12.4 Å². The second-order valence-electron chi connectivity index (χ2n) is 6.67. The van der Waals surface area contributed by atoms with Crippen LogP contribution in [0.1, 0.15) is 44.8 Å². The van der Waals surface area contributed by atoms with Gasteiger partial charge in [0, 0.05) is 39.4 Å². The van der Waals surface area contributed by atoms with Crippen LogP contribution in [-0.2, 0) is 18.3 Å². The summed E-state index contributed by atoms with van der Waals surface area (Å²) in [6.45, 7) is 12.3. The molecule has 8 heteroatoms. The van der Waals surface area contributed by atoms with Crippen LogP contribution in [0.25, 0.3) is 0 Å². The fraction of sp³-hybridized carbons (Fsp3) is 0.833. The molecule has 0 aromatic carbocycles. The molecule has 0 radical (unpaired) electrons. The number of likely N-dealkylation sites (N-methyl/N-ethyl adjacent to an activating group) is 1. The van der Waals surface area contributed by atoms with Gasteiger partial charge in [-0.15, -0.1) is 10.2 Å². The van der Waals surface area contributed by atoms with Crippen LogP contribution in [0.5, 0.6) is 0 Å². The number of nitrogens with one attached hydrogen (secondary N) is 2. The number of guanidine groups is 1. The van der Waals surface area contributed by atoms with Crippen molar-refractivity contribution in [2.75, 3.05) is 39.4 Å². The summed E-state index contributed by atoms with van der Waals surface area (Å²) in [5.41, 5.74) is 0. The number of hydrogen-bond donors (Lipinski definition) is 2. The Morgan fingerprint density at radius 1 is 1.31 bits per heavy atom. The molecule has 1 aliphatic heterocycles. The van der Waals surface area contributed by atoms with Crippen molar-refractivity contribution < 1.29 is 4.74 Å². The monoisotopic (exact) mass is 365 g/mol. The smallest absolute Gasteiger partial charge is 0.191 e. The lowest BCUT2D eigenvalue weighted by Crippen LogP contribution is -2.45. The SMILES string of the molecule is CCOCCCNC(=NCc1nnc(C)n1C)NCC1CCCN1CC. The lowest BCUT2D eigenvalue weighted by molar-refractivity contribution is 0.145. The fourth-order valence-electron chi connectivity index (χ4n) is 3.20. The Labute approximate surface area is 157 Å². The van der Waals surface area contributed by atoms with Gasteiger partial charge in [0.05, 0.1) is 0 Å². The van der Waals surface area contributed by atoms with E-state index in [1.54, 1.807) is 0 Å². The maximum atomic E-state index is 5.40. The molecule has 0 bridgehead atoms. The third-order valence-electron chi connectivity index (χ3n) is 4.93. The van der Waals surface area contributed by atoms with E-state index in [0.717, 1.165) is 56.9 Å². The van der Waals surface area contributed by atoms with Crippen LogP contribution in [0.3, 0.4) is 0 Å². The molecule has 148 valence electrons. The number of aryl methyl sites for hydroxylation is 1. The van der Waals surface area contributed by atoms with E-state index in [-0.39, 0.29) is 0 Å². The zero-order chi connectivity index (χ0) is 18.8. The van der Waals surface area contributed by atoms with E-state index >= 15 is 0 Å². The minimum atomic E-state index is 0.514. The van der Waals surface area contributed by atoms with Crippen molar-refractivity contribution in [3.8, 4) is 0 Å². The summed E-state index contributed by atoms with van der Waals surface area (Å²) < 4.78 is 7.38. The quantitative estimate of drug-likeness (QED) is 0.367. The van der Waals surface area contributed by atoms with E-state index in [1.807, 2.05) is 25.5 Å². The van der Waals surface area contributed by atoms with Crippen LogP contribution in [0, 0.1) is 6.92 Å². The number of ether oxygens (including phenoxy) is 1. The predicted octanol–water partition coefficient (Wildman–Crippen LogP) is 1.07. The maximum Gasteiger partial charge on any atom is 0.191 e. The molecule has 0 spiro atoms. The van der Waals surface area contributed by atoms with Gasteiger partial charge in [0.15, 0.2) is 11.8 Å². The van der Waals surface area contributed by atoms with Crippen molar-refractivity contribution in [1.82, 2.24) is 30.3 Å². The Balaban J connectivity index is 1.89. The number of likely N-dealkylation sites (tertiary alicyclic amines) is 1. The third-order valence-corrected chi connectivity index (χ3v) is 4.93. The van der Waals surface area contributed by atoms with E-state index in [0.29, 0.717) is 12.6 Å². The van der Waals surface area contributed by atoms with Crippen molar-refractivity contribution >= 4 is 5.96 Å². The second kappa shape index (κ2) is 11.1. The second-order valence-corrected chi connectivity index (χ2v) is 6.67. The topological polar surface area (TPSA) is 79.6 Å². The molecule has 1 aromatic heterocycles. The molecule has 0 saturated carbocycles. The van der Waals surface area contributed by atoms with Crippen molar-refractivity contribution in [3.05, 3.63) is 11.6 Å². The molecule has 26 heavy (non-hydrogen) atoms. The minimum Gasteiger partial charge on any atom is -0.382 e. The largest absolute Gasteiger partial charge is 0.382 e. The van der Waals surface area contributed by atoms with Gasteiger partial charge in [0.25, 0.3) is 0 Å². The van der Waals surface area contributed by atoms with E-state index in [4.69, 9.17) is 9.73 Å². The average Bonchev–Trinajstić information content (AvgIpc) is 3.23. The highest BCUT2D eigenvalue weighted by molar-refractivity contribution is 5.79. The van der Waals surface area contributed by atoms with Crippen LogP contribution >= 0.6 is 0 Å². The average molecular weight is 366 g/mol. The summed E-state index contributed by atoms with van der Waals surface area (Å²) in [6.07, 6.45) is 3.50. The van der Waals surface area contributed by atoms with Crippen LogP contribution in [0.2, 0.25) is 0 Å². The molecule has 0 amide bonds. The summed E-state index contributed by atoms with van der Waals surface area (Å²) in [6, 6.07) is 0.590. The van der Waals surface area contributed by atoms with Crippen molar-refractivity contribution in [3.63, 3.8) is 0 Å². The molecule has 1 aromatic rings. The molecular formula is C18H35N7O. The van der Waals surface area contributed by atoms with Crippen LogP contribution in [0.15, 0.2) is 4.99 Å². The van der Waals surface area contributed by atoms with Gasteiger partial charge in [-0.25, -0.2) is 4.99 Å². The number of aromatic nitrogens is 3. The number of aliphatic imine (C=N–C) groups is 1. The lowest BCUT2D eigenvalue weighted by atomic mass is 10.2. The lowest BCUT2D eigenvalue weighted by Gasteiger charge is -2.24. The molecule has 2 rings (SSSR count). The molecule has 8 nitrogen and oxygen atoms in total. The van der Waals surface area contributed by atoms with Gasteiger partial charge in [-0.1, -0.05) is 6.92 Å². The van der Waals surface area contributed by atoms with Gasteiger partial charge in [-0.2, -0.15) is 0 Å². The maximum absolute atomic E-state index is 5.40. The summed E-state index contributed by atoms with van der Waals surface area (Å²) >= 11 is 0. The van der Waals surface area contributed by atoms with Gasteiger partial charge in [-0.05, 0) is 46.2 Å². The van der Waals surface area contributed by atoms with Crippen LogP contribution in [-0.4, -0.2) is 71.1 Å². The normalized spacial score (nSPS) is 18.5. The molecule has 0 aliphatic carbocycles. The Bertz CT molecular complexity index is 558. The van der Waals surface area contributed by atoms with Crippen molar-refractivity contribution in [2.45, 2.75) is 52.6 Å². The molecule has 1 aliphatic rings. The molecule has 1 fully saturated rings. The van der Waals surface area contributed by atoms with Gasteiger partial charge in [-0.3, -0.25) is 4.90 Å².